The van der Waals surface area contributed by atoms with Crippen LogP contribution in [-0.2, 0) is 4.79 Å². The highest BCUT2D eigenvalue weighted by Crippen LogP contribution is 2.32. The van der Waals surface area contributed by atoms with Gasteiger partial charge in [-0.3, -0.25) is 4.79 Å². The topological polar surface area (TPSA) is 20.3 Å². The lowest BCUT2D eigenvalue weighted by Gasteiger charge is -2.24. The molecule has 1 fully saturated rings. The molecule has 4 heteroatoms. The summed E-state index contributed by atoms with van der Waals surface area (Å²) in [6.07, 6.45) is -0.640. The maximum Gasteiger partial charge on any atom is 0.257 e. The molecule has 1 aliphatic heterocycles. The third-order valence-electron chi connectivity index (χ3n) is 3.59. The van der Waals surface area contributed by atoms with Gasteiger partial charge in [0.25, 0.3) is 5.91 Å². The van der Waals surface area contributed by atoms with E-state index in [1.807, 2.05) is 37.3 Å². The van der Waals surface area contributed by atoms with Crippen LogP contribution in [0.3, 0.4) is 0 Å². The SMILES string of the molecule is CC(c1ccccc1)N1CC(CCBr)C(F)C1=O. The van der Waals surface area contributed by atoms with Crippen molar-refractivity contribution in [3.05, 3.63) is 35.9 Å². The summed E-state index contributed by atoms with van der Waals surface area (Å²) in [5.74, 6) is -0.541. The lowest BCUT2D eigenvalue weighted by Crippen LogP contribution is -2.30. The van der Waals surface area contributed by atoms with Gasteiger partial charge in [-0.05, 0) is 18.9 Å². The van der Waals surface area contributed by atoms with Crippen molar-refractivity contribution in [3.8, 4) is 0 Å². The van der Waals surface area contributed by atoms with E-state index in [1.54, 1.807) is 4.90 Å². The molecule has 0 saturated carbocycles. The fraction of sp³-hybridized carbons (Fsp3) is 0.500. The Morgan fingerprint density at radius 1 is 1.44 bits per heavy atom. The lowest BCUT2D eigenvalue weighted by atomic mass is 10.0. The van der Waals surface area contributed by atoms with Gasteiger partial charge in [0.2, 0.25) is 0 Å². The molecule has 1 amide bonds. The highest BCUT2D eigenvalue weighted by atomic mass is 79.9. The molecule has 18 heavy (non-hydrogen) atoms. The predicted molar refractivity (Wildman–Crippen MR) is 73.4 cm³/mol. The van der Waals surface area contributed by atoms with E-state index in [0.717, 1.165) is 10.9 Å². The fourth-order valence-corrected chi connectivity index (χ4v) is 3.02. The molecule has 3 atom stereocenters. The Balaban J connectivity index is 2.12. The molecule has 2 nitrogen and oxygen atoms in total. The molecule has 0 spiro atoms. The number of benzene rings is 1. The van der Waals surface area contributed by atoms with Crippen molar-refractivity contribution in [2.24, 2.45) is 5.92 Å². The summed E-state index contributed by atoms with van der Waals surface area (Å²) < 4.78 is 13.9. The summed E-state index contributed by atoms with van der Waals surface area (Å²) in [6, 6.07) is 9.71. The second kappa shape index (κ2) is 5.83. The normalized spacial score (nSPS) is 25.5. The van der Waals surface area contributed by atoms with E-state index >= 15 is 0 Å². The monoisotopic (exact) mass is 313 g/mol. The smallest absolute Gasteiger partial charge is 0.257 e. The molecule has 1 aromatic carbocycles. The quantitative estimate of drug-likeness (QED) is 0.781. The van der Waals surface area contributed by atoms with Gasteiger partial charge in [0.1, 0.15) is 0 Å². The summed E-state index contributed by atoms with van der Waals surface area (Å²) in [5, 5.41) is 0.735. The van der Waals surface area contributed by atoms with Gasteiger partial charge in [0, 0.05) is 17.8 Å². The Labute approximate surface area is 115 Å². The Morgan fingerprint density at radius 3 is 2.72 bits per heavy atom. The second-order valence-corrected chi connectivity index (χ2v) is 5.51. The first-order valence-corrected chi connectivity index (χ1v) is 7.32. The molecule has 1 aliphatic rings. The Bertz CT molecular complexity index is 412. The summed E-state index contributed by atoms with van der Waals surface area (Å²) in [6.45, 7) is 2.47. The van der Waals surface area contributed by atoms with Crippen molar-refractivity contribution in [2.75, 3.05) is 11.9 Å². The number of hydrogen-bond acceptors (Lipinski definition) is 1. The van der Waals surface area contributed by atoms with E-state index in [2.05, 4.69) is 15.9 Å². The van der Waals surface area contributed by atoms with Crippen LogP contribution in [0, 0.1) is 5.92 Å². The van der Waals surface area contributed by atoms with E-state index in [4.69, 9.17) is 0 Å². The van der Waals surface area contributed by atoms with Crippen molar-refractivity contribution in [3.63, 3.8) is 0 Å². The minimum Gasteiger partial charge on any atom is -0.333 e. The number of halogens is 2. The average molecular weight is 314 g/mol. The second-order valence-electron chi connectivity index (χ2n) is 4.72. The van der Waals surface area contributed by atoms with Crippen LogP contribution < -0.4 is 0 Å². The van der Waals surface area contributed by atoms with Gasteiger partial charge in [-0.25, -0.2) is 4.39 Å². The number of carbonyl (C=O) groups is 1. The van der Waals surface area contributed by atoms with Gasteiger partial charge in [0.15, 0.2) is 6.17 Å². The number of carbonyl (C=O) groups excluding carboxylic acids is 1. The summed E-state index contributed by atoms with van der Waals surface area (Å²) in [5.41, 5.74) is 1.05. The molecule has 0 aromatic heterocycles. The van der Waals surface area contributed by atoms with Gasteiger partial charge in [0.05, 0.1) is 6.04 Å². The standard InChI is InChI=1S/C14H17BrFNO/c1-10(11-5-3-2-4-6-11)17-9-12(7-8-15)13(16)14(17)18/h2-6,10,12-13H,7-9H2,1H3. The van der Waals surface area contributed by atoms with Crippen molar-refractivity contribution in [1.82, 2.24) is 4.90 Å². The Kier molecular flexibility index (Phi) is 4.38. The minimum atomic E-state index is -1.34. The molecule has 98 valence electrons. The molecule has 1 saturated heterocycles. The lowest BCUT2D eigenvalue weighted by molar-refractivity contribution is -0.133. The van der Waals surface area contributed by atoms with E-state index in [-0.39, 0.29) is 17.9 Å². The number of likely N-dealkylation sites (tertiary alicyclic amines) is 1. The first-order valence-electron chi connectivity index (χ1n) is 6.20. The summed E-state index contributed by atoms with van der Waals surface area (Å²) >= 11 is 3.31. The zero-order chi connectivity index (χ0) is 13.1. The third-order valence-corrected chi connectivity index (χ3v) is 4.05. The van der Waals surface area contributed by atoms with E-state index in [1.165, 1.54) is 0 Å². The van der Waals surface area contributed by atoms with E-state index in [9.17, 15) is 9.18 Å². The number of rotatable bonds is 4. The van der Waals surface area contributed by atoms with Crippen molar-refractivity contribution < 1.29 is 9.18 Å². The molecule has 0 bridgehead atoms. The van der Waals surface area contributed by atoms with Crippen LogP contribution >= 0.6 is 15.9 Å². The van der Waals surface area contributed by atoms with Crippen LogP contribution in [0.4, 0.5) is 4.39 Å². The molecular weight excluding hydrogens is 297 g/mol. The zero-order valence-corrected chi connectivity index (χ0v) is 11.9. The summed E-state index contributed by atoms with van der Waals surface area (Å²) in [4.78, 5) is 13.6. The van der Waals surface area contributed by atoms with Crippen molar-refractivity contribution >= 4 is 21.8 Å². The maximum absolute atomic E-state index is 13.9. The minimum absolute atomic E-state index is 0.0581. The number of amides is 1. The number of nitrogens with zero attached hydrogens (tertiary/aromatic N) is 1. The molecule has 1 aromatic rings. The molecule has 0 aliphatic carbocycles. The largest absolute Gasteiger partial charge is 0.333 e. The van der Waals surface area contributed by atoms with Crippen LogP contribution in [0.5, 0.6) is 0 Å². The Morgan fingerprint density at radius 2 is 2.11 bits per heavy atom. The van der Waals surface area contributed by atoms with Gasteiger partial charge in [-0.1, -0.05) is 46.3 Å². The van der Waals surface area contributed by atoms with Gasteiger partial charge < -0.3 is 4.90 Å². The van der Waals surface area contributed by atoms with Gasteiger partial charge in [-0.2, -0.15) is 0 Å². The fourth-order valence-electron chi connectivity index (χ4n) is 2.43. The number of hydrogen-bond donors (Lipinski definition) is 0. The van der Waals surface area contributed by atoms with E-state index < -0.39 is 6.17 Å². The first kappa shape index (κ1) is 13.5. The van der Waals surface area contributed by atoms with Crippen molar-refractivity contribution in [2.45, 2.75) is 25.6 Å². The molecule has 1 heterocycles. The molecule has 0 N–H and O–H groups in total. The van der Waals surface area contributed by atoms with Crippen LogP contribution in [0.2, 0.25) is 0 Å². The van der Waals surface area contributed by atoms with Crippen molar-refractivity contribution in [1.29, 1.82) is 0 Å². The van der Waals surface area contributed by atoms with Crippen LogP contribution in [0.25, 0.3) is 0 Å². The maximum atomic E-state index is 13.9. The molecule has 2 rings (SSSR count). The molecule has 3 unspecified atom stereocenters. The van der Waals surface area contributed by atoms with Crippen LogP contribution in [-0.4, -0.2) is 28.9 Å². The third kappa shape index (κ3) is 2.58. The highest BCUT2D eigenvalue weighted by Gasteiger charge is 2.42. The summed E-state index contributed by atoms with van der Waals surface area (Å²) in [7, 11) is 0. The van der Waals surface area contributed by atoms with Crippen LogP contribution in [0.15, 0.2) is 30.3 Å². The van der Waals surface area contributed by atoms with E-state index in [0.29, 0.717) is 13.0 Å². The Hall–Kier alpha value is -0.900. The molecule has 0 radical (unpaired) electrons. The molecular formula is C14H17BrFNO. The number of alkyl halides is 2. The predicted octanol–water partition coefficient (Wildman–Crippen LogP) is 3.33. The first-order chi connectivity index (χ1) is 8.65. The van der Waals surface area contributed by atoms with Crippen LogP contribution in [0.1, 0.15) is 24.9 Å². The van der Waals surface area contributed by atoms with Gasteiger partial charge in [-0.15, -0.1) is 0 Å². The highest BCUT2D eigenvalue weighted by molar-refractivity contribution is 9.09. The van der Waals surface area contributed by atoms with Gasteiger partial charge >= 0.3 is 0 Å². The average Bonchev–Trinajstić information content (AvgIpc) is 2.68. The zero-order valence-electron chi connectivity index (χ0n) is 10.4.